The average molecular weight is 197 g/mol. The molecule has 2 heterocycles. The molecule has 1 aliphatic carbocycles. The van der Waals surface area contributed by atoms with Crippen molar-refractivity contribution in [3.8, 4) is 0 Å². The molecule has 0 radical (unpaired) electrons. The quantitative estimate of drug-likeness (QED) is 0.592. The molecule has 1 saturated heterocycles. The lowest BCUT2D eigenvalue weighted by atomic mass is 9.81. The average Bonchev–Trinajstić information content (AvgIpc) is 2.72. The SMILES string of the molecule is ON1CCC2(O)c3nonc3CCC12. The minimum Gasteiger partial charge on any atom is -0.382 e. The van der Waals surface area contributed by atoms with Crippen LogP contribution in [-0.4, -0.2) is 38.3 Å². The zero-order chi connectivity index (χ0) is 9.76. The van der Waals surface area contributed by atoms with E-state index in [1.807, 2.05) is 0 Å². The fraction of sp³-hybridized carbons (Fsp3) is 0.750. The normalized spacial score (nSPS) is 36.9. The molecule has 2 aliphatic rings. The Morgan fingerprint density at radius 2 is 2.36 bits per heavy atom. The van der Waals surface area contributed by atoms with Gasteiger partial charge in [-0.2, -0.15) is 5.06 Å². The molecule has 0 spiro atoms. The van der Waals surface area contributed by atoms with Crippen LogP contribution in [0, 0.1) is 0 Å². The molecule has 1 aromatic heterocycles. The fourth-order valence-electron chi connectivity index (χ4n) is 2.49. The van der Waals surface area contributed by atoms with Gasteiger partial charge in [-0.05, 0) is 19.3 Å². The minimum atomic E-state index is -1.07. The smallest absolute Gasteiger partial charge is 0.141 e. The van der Waals surface area contributed by atoms with Crippen molar-refractivity contribution in [1.82, 2.24) is 15.4 Å². The van der Waals surface area contributed by atoms with E-state index >= 15 is 0 Å². The third kappa shape index (κ3) is 0.853. The van der Waals surface area contributed by atoms with Crippen LogP contribution in [0.3, 0.4) is 0 Å². The van der Waals surface area contributed by atoms with Gasteiger partial charge < -0.3 is 10.3 Å². The first-order chi connectivity index (χ1) is 6.72. The highest BCUT2D eigenvalue weighted by molar-refractivity contribution is 5.25. The van der Waals surface area contributed by atoms with Gasteiger partial charge in [0.25, 0.3) is 0 Å². The number of nitrogens with zero attached hydrogens (tertiary/aromatic N) is 3. The maximum Gasteiger partial charge on any atom is 0.141 e. The molecule has 1 fully saturated rings. The van der Waals surface area contributed by atoms with Crippen molar-refractivity contribution in [1.29, 1.82) is 0 Å². The number of rotatable bonds is 0. The summed E-state index contributed by atoms with van der Waals surface area (Å²) in [4.78, 5) is 0. The van der Waals surface area contributed by atoms with E-state index in [-0.39, 0.29) is 6.04 Å². The Bertz CT molecular complexity index is 366. The molecule has 76 valence electrons. The standard InChI is InChI=1S/C8H11N3O3/c12-8-3-4-11(13)6(8)2-1-5-7(8)10-14-9-5/h6,12-13H,1-4H2. The third-order valence-electron chi connectivity index (χ3n) is 3.25. The summed E-state index contributed by atoms with van der Waals surface area (Å²) in [6.07, 6.45) is 1.87. The van der Waals surface area contributed by atoms with Gasteiger partial charge in [0, 0.05) is 6.54 Å². The topological polar surface area (TPSA) is 82.6 Å². The molecular weight excluding hydrogens is 186 g/mol. The lowest BCUT2D eigenvalue weighted by Gasteiger charge is -2.33. The summed E-state index contributed by atoms with van der Waals surface area (Å²) in [7, 11) is 0. The van der Waals surface area contributed by atoms with E-state index in [1.54, 1.807) is 0 Å². The molecule has 6 nitrogen and oxygen atoms in total. The Labute approximate surface area is 80.0 Å². The van der Waals surface area contributed by atoms with Gasteiger partial charge in [0.15, 0.2) is 0 Å². The number of aromatic nitrogens is 2. The van der Waals surface area contributed by atoms with Crippen LogP contribution in [0.25, 0.3) is 0 Å². The van der Waals surface area contributed by atoms with Gasteiger partial charge in [-0.15, -0.1) is 0 Å². The Balaban J connectivity index is 2.11. The van der Waals surface area contributed by atoms with Crippen LogP contribution in [0.1, 0.15) is 24.2 Å². The number of hydrogen-bond acceptors (Lipinski definition) is 6. The van der Waals surface area contributed by atoms with Gasteiger partial charge in [0.1, 0.15) is 17.0 Å². The molecule has 3 rings (SSSR count). The molecule has 0 aromatic carbocycles. The van der Waals surface area contributed by atoms with Crippen LogP contribution < -0.4 is 0 Å². The highest BCUT2D eigenvalue weighted by Gasteiger charge is 2.52. The van der Waals surface area contributed by atoms with E-state index < -0.39 is 5.60 Å². The van der Waals surface area contributed by atoms with Gasteiger partial charge >= 0.3 is 0 Å². The molecule has 14 heavy (non-hydrogen) atoms. The Morgan fingerprint density at radius 3 is 3.21 bits per heavy atom. The van der Waals surface area contributed by atoms with E-state index in [4.69, 9.17) is 0 Å². The lowest BCUT2D eigenvalue weighted by molar-refractivity contribution is -0.144. The highest BCUT2D eigenvalue weighted by atomic mass is 16.6. The van der Waals surface area contributed by atoms with Gasteiger partial charge in [-0.25, -0.2) is 4.63 Å². The summed E-state index contributed by atoms with van der Waals surface area (Å²) < 4.78 is 4.62. The maximum absolute atomic E-state index is 10.4. The van der Waals surface area contributed by atoms with Crippen molar-refractivity contribution in [2.75, 3.05) is 6.54 Å². The first-order valence-electron chi connectivity index (χ1n) is 4.71. The van der Waals surface area contributed by atoms with E-state index in [2.05, 4.69) is 14.9 Å². The monoisotopic (exact) mass is 197 g/mol. The largest absolute Gasteiger partial charge is 0.382 e. The second kappa shape index (κ2) is 2.53. The second-order valence-corrected chi connectivity index (χ2v) is 3.95. The number of aryl methyl sites for hydroxylation is 1. The first kappa shape index (κ1) is 8.34. The van der Waals surface area contributed by atoms with Crippen LogP contribution in [0.4, 0.5) is 0 Å². The summed E-state index contributed by atoms with van der Waals surface area (Å²) in [6, 6.07) is -0.262. The molecular formula is C8H11N3O3. The minimum absolute atomic E-state index is 0.262. The molecule has 0 saturated carbocycles. The summed E-state index contributed by atoms with van der Waals surface area (Å²) in [5.74, 6) is 0. The molecule has 2 unspecified atom stereocenters. The highest BCUT2D eigenvalue weighted by Crippen LogP contribution is 2.42. The van der Waals surface area contributed by atoms with E-state index in [1.165, 1.54) is 5.06 Å². The summed E-state index contributed by atoms with van der Waals surface area (Å²) >= 11 is 0. The van der Waals surface area contributed by atoms with Crippen molar-refractivity contribution in [2.45, 2.75) is 30.9 Å². The van der Waals surface area contributed by atoms with Gasteiger partial charge in [-0.1, -0.05) is 10.3 Å². The third-order valence-corrected chi connectivity index (χ3v) is 3.25. The van der Waals surface area contributed by atoms with Crippen LogP contribution in [0.2, 0.25) is 0 Å². The zero-order valence-corrected chi connectivity index (χ0v) is 7.55. The van der Waals surface area contributed by atoms with Crippen molar-refractivity contribution < 1.29 is 14.9 Å². The van der Waals surface area contributed by atoms with E-state index in [0.29, 0.717) is 31.5 Å². The van der Waals surface area contributed by atoms with Crippen molar-refractivity contribution in [3.05, 3.63) is 11.4 Å². The molecule has 0 bridgehead atoms. The van der Waals surface area contributed by atoms with Gasteiger partial charge in [-0.3, -0.25) is 0 Å². The molecule has 2 atom stereocenters. The summed E-state index contributed by atoms with van der Waals surface area (Å²) in [5.41, 5.74) is 0.159. The number of hydrogen-bond donors (Lipinski definition) is 2. The van der Waals surface area contributed by atoms with Crippen molar-refractivity contribution in [2.24, 2.45) is 0 Å². The van der Waals surface area contributed by atoms with E-state index in [9.17, 15) is 10.3 Å². The molecule has 0 amide bonds. The lowest BCUT2D eigenvalue weighted by Crippen LogP contribution is -2.45. The Hall–Kier alpha value is -0.980. The van der Waals surface area contributed by atoms with Crippen molar-refractivity contribution in [3.63, 3.8) is 0 Å². The van der Waals surface area contributed by atoms with E-state index in [0.717, 1.165) is 5.69 Å². The molecule has 1 aromatic rings. The number of fused-ring (bicyclic) bond motifs is 3. The fourth-order valence-corrected chi connectivity index (χ4v) is 2.49. The van der Waals surface area contributed by atoms with Gasteiger partial charge in [0.2, 0.25) is 0 Å². The molecule has 6 heteroatoms. The van der Waals surface area contributed by atoms with Crippen LogP contribution in [0.15, 0.2) is 4.63 Å². The first-order valence-corrected chi connectivity index (χ1v) is 4.71. The van der Waals surface area contributed by atoms with Crippen LogP contribution >= 0.6 is 0 Å². The van der Waals surface area contributed by atoms with Gasteiger partial charge in [0.05, 0.1) is 6.04 Å². The number of aliphatic hydroxyl groups is 1. The Morgan fingerprint density at radius 1 is 1.50 bits per heavy atom. The molecule has 2 N–H and O–H groups in total. The summed E-state index contributed by atoms with van der Waals surface area (Å²) in [6.45, 7) is 0.466. The van der Waals surface area contributed by atoms with Crippen molar-refractivity contribution >= 4 is 0 Å². The second-order valence-electron chi connectivity index (χ2n) is 3.95. The summed E-state index contributed by atoms with van der Waals surface area (Å²) in [5, 5.41) is 28.6. The predicted molar refractivity (Wildman–Crippen MR) is 43.4 cm³/mol. The van der Waals surface area contributed by atoms with Crippen LogP contribution in [-0.2, 0) is 12.0 Å². The Kier molecular flexibility index (Phi) is 1.51. The predicted octanol–water partition coefficient (Wildman–Crippen LogP) is -0.333. The molecule has 1 aliphatic heterocycles. The maximum atomic E-state index is 10.4. The number of hydroxylamine groups is 2. The zero-order valence-electron chi connectivity index (χ0n) is 7.55. The van der Waals surface area contributed by atoms with Crippen LogP contribution in [0.5, 0.6) is 0 Å².